The summed E-state index contributed by atoms with van der Waals surface area (Å²) in [4.78, 5) is 14.3. The number of rotatable bonds is 3. The van der Waals surface area contributed by atoms with Crippen LogP contribution in [0.5, 0.6) is 0 Å². The van der Waals surface area contributed by atoms with Crippen molar-refractivity contribution in [3.63, 3.8) is 0 Å². The number of amides is 1. The first-order valence-corrected chi connectivity index (χ1v) is 4.11. The van der Waals surface area contributed by atoms with Gasteiger partial charge in [-0.15, -0.1) is 0 Å². The molecule has 63 valence electrons. The van der Waals surface area contributed by atoms with E-state index >= 15 is 0 Å². The number of likely N-dealkylation sites (tertiary alicyclic amines) is 1. The van der Waals surface area contributed by atoms with E-state index in [1.165, 1.54) is 0 Å². The van der Waals surface area contributed by atoms with Crippen LogP contribution in [0.3, 0.4) is 0 Å². The first-order chi connectivity index (χ1) is 5.27. The van der Waals surface area contributed by atoms with Gasteiger partial charge in [-0.3, -0.25) is 4.79 Å². The van der Waals surface area contributed by atoms with Crippen LogP contribution in [0.15, 0.2) is 0 Å². The standard InChI is InChI=1S/C8H15N2O/c1-3-10-5-4-8(6-10)9(2)7-11/h8H,3-6H2,1-2H3. The topological polar surface area (TPSA) is 23.6 Å². The molecule has 0 spiro atoms. The molecule has 0 aromatic heterocycles. The molecule has 1 radical (unpaired) electrons. The molecule has 0 N–H and O–H groups in total. The molecule has 1 aliphatic rings. The van der Waals surface area contributed by atoms with Gasteiger partial charge in [0, 0.05) is 26.2 Å². The van der Waals surface area contributed by atoms with Gasteiger partial charge in [0.05, 0.1) is 0 Å². The van der Waals surface area contributed by atoms with E-state index in [4.69, 9.17) is 0 Å². The van der Waals surface area contributed by atoms with E-state index < -0.39 is 0 Å². The Kier molecular flexibility index (Phi) is 2.88. The molecule has 11 heavy (non-hydrogen) atoms. The molecule has 1 amide bonds. The molecule has 0 aromatic carbocycles. The second kappa shape index (κ2) is 3.72. The van der Waals surface area contributed by atoms with Crippen LogP contribution in [0, 0.1) is 0 Å². The zero-order valence-corrected chi connectivity index (χ0v) is 7.21. The third-order valence-corrected chi connectivity index (χ3v) is 2.39. The van der Waals surface area contributed by atoms with Gasteiger partial charge in [0.2, 0.25) is 0 Å². The van der Waals surface area contributed by atoms with Crippen LogP contribution in [0.4, 0.5) is 0 Å². The summed E-state index contributed by atoms with van der Waals surface area (Å²) in [5, 5.41) is 0. The lowest BCUT2D eigenvalue weighted by atomic mass is 10.2. The monoisotopic (exact) mass is 155 g/mol. The number of hydrogen-bond acceptors (Lipinski definition) is 2. The van der Waals surface area contributed by atoms with Gasteiger partial charge in [-0.25, -0.2) is 0 Å². The fourth-order valence-electron chi connectivity index (χ4n) is 1.49. The minimum Gasteiger partial charge on any atom is -0.333 e. The summed E-state index contributed by atoms with van der Waals surface area (Å²) in [6.07, 6.45) is 3.00. The highest BCUT2D eigenvalue weighted by atomic mass is 16.1. The number of hydrogen-bond donors (Lipinski definition) is 0. The Morgan fingerprint density at radius 3 is 2.91 bits per heavy atom. The van der Waals surface area contributed by atoms with Crippen LogP contribution in [-0.2, 0) is 4.79 Å². The fraction of sp³-hybridized carbons (Fsp3) is 0.875. The Balaban J connectivity index is 2.34. The molecular weight excluding hydrogens is 140 g/mol. The first-order valence-electron chi connectivity index (χ1n) is 4.11. The maximum atomic E-state index is 10.3. The highest BCUT2D eigenvalue weighted by Crippen LogP contribution is 2.11. The van der Waals surface area contributed by atoms with Crippen molar-refractivity contribution >= 4 is 6.41 Å². The average Bonchev–Trinajstić information content (AvgIpc) is 2.50. The number of carbonyl (C=O) groups excluding carboxylic acids is 1. The van der Waals surface area contributed by atoms with Crippen LogP contribution >= 0.6 is 0 Å². The lowest BCUT2D eigenvalue weighted by Crippen LogP contribution is -2.33. The zero-order chi connectivity index (χ0) is 8.27. The predicted molar refractivity (Wildman–Crippen MR) is 44.0 cm³/mol. The molecule has 1 rings (SSSR count). The Bertz CT molecular complexity index is 138. The Hall–Kier alpha value is -0.570. The fourth-order valence-corrected chi connectivity index (χ4v) is 1.49. The summed E-state index contributed by atoms with van der Waals surface area (Å²) in [6, 6.07) is 0.396. The molecular formula is C8H15N2O. The minimum atomic E-state index is 0.396. The molecule has 3 heteroatoms. The zero-order valence-electron chi connectivity index (χ0n) is 7.21. The highest BCUT2D eigenvalue weighted by molar-refractivity contribution is 5.48. The van der Waals surface area contributed by atoms with Gasteiger partial charge in [0.25, 0.3) is 0 Å². The first kappa shape index (κ1) is 8.53. The van der Waals surface area contributed by atoms with E-state index in [-0.39, 0.29) is 0 Å². The molecule has 0 bridgehead atoms. The quantitative estimate of drug-likeness (QED) is 0.539. The molecule has 0 aromatic rings. The SMILES string of the molecule is CCN1CCC(N(C)[C]=O)C1. The lowest BCUT2D eigenvalue weighted by molar-refractivity contribution is 0.304. The van der Waals surface area contributed by atoms with Crippen molar-refractivity contribution < 1.29 is 4.79 Å². The molecule has 0 saturated carbocycles. The maximum absolute atomic E-state index is 10.3. The molecule has 1 unspecified atom stereocenters. The average molecular weight is 155 g/mol. The summed E-state index contributed by atoms with van der Waals surface area (Å²) in [5.74, 6) is 0. The summed E-state index contributed by atoms with van der Waals surface area (Å²) >= 11 is 0. The van der Waals surface area contributed by atoms with E-state index in [9.17, 15) is 4.79 Å². The Labute approximate surface area is 68.0 Å². The van der Waals surface area contributed by atoms with Gasteiger partial charge >= 0.3 is 6.41 Å². The van der Waals surface area contributed by atoms with Crippen molar-refractivity contribution in [3.8, 4) is 0 Å². The summed E-state index contributed by atoms with van der Waals surface area (Å²) in [5.41, 5.74) is 0. The van der Waals surface area contributed by atoms with Crippen LogP contribution in [0.2, 0.25) is 0 Å². The van der Waals surface area contributed by atoms with Crippen LogP contribution in [-0.4, -0.2) is 48.9 Å². The number of likely N-dealkylation sites (N-methyl/N-ethyl adjacent to an activating group) is 2. The van der Waals surface area contributed by atoms with Crippen molar-refractivity contribution in [2.75, 3.05) is 26.7 Å². The molecule has 1 saturated heterocycles. The molecule has 1 heterocycles. The van der Waals surface area contributed by atoms with Gasteiger partial charge in [-0.05, 0) is 13.0 Å². The van der Waals surface area contributed by atoms with Gasteiger partial charge in [-0.2, -0.15) is 0 Å². The third-order valence-electron chi connectivity index (χ3n) is 2.39. The summed E-state index contributed by atoms with van der Waals surface area (Å²) in [7, 11) is 1.80. The van der Waals surface area contributed by atoms with Gasteiger partial charge in [-0.1, -0.05) is 6.92 Å². The van der Waals surface area contributed by atoms with E-state index in [2.05, 4.69) is 11.8 Å². The van der Waals surface area contributed by atoms with Crippen LogP contribution in [0.25, 0.3) is 0 Å². The molecule has 1 fully saturated rings. The van der Waals surface area contributed by atoms with E-state index in [1.54, 1.807) is 11.9 Å². The van der Waals surface area contributed by atoms with Crippen molar-refractivity contribution in [3.05, 3.63) is 0 Å². The van der Waals surface area contributed by atoms with Gasteiger partial charge in [0.1, 0.15) is 0 Å². The van der Waals surface area contributed by atoms with Crippen molar-refractivity contribution in [1.82, 2.24) is 9.80 Å². The third kappa shape index (κ3) is 1.93. The predicted octanol–water partition coefficient (Wildman–Crippen LogP) is 0.0796. The van der Waals surface area contributed by atoms with E-state index in [0.29, 0.717) is 6.04 Å². The van der Waals surface area contributed by atoms with Crippen molar-refractivity contribution in [2.45, 2.75) is 19.4 Å². The smallest absolute Gasteiger partial charge is 0.312 e. The van der Waals surface area contributed by atoms with Crippen LogP contribution < -0.4 is 0 Å². The van der Waals surface area contributed by atoms with Gasteiger partial charge < -0.3 is 9.80 Å². The molecule has 0 aliphatic carbocycles. The normalized spacial score (nSPS) is 25.5. The van der Waals surface area contributed by atoms with Gasteiger partial charge in [0.15, 0.2) is 0 Å². The van der Waals surface area contributed by atoms with Crippen molar-refractivity contribution in [2.24, 2.45) is 0 Å². The highest BCUT2D eigenvalue weighted by Gasteiger charge is 2.23. The Morgan fingerprint density at radius 1 is 1.73 bits per heavy atom. The maximum Gasteiger partial charge on any atom is 0.312 e. The minimum absolute atomic E-state index is 0.396. The van der Waals surface area contributed by atoms with Crippen molar-refractivity contribution in [1.29, 1.82) is 0 Å². The summed E-state index contributed by atoms with van der Waals surface area (Å²) in [6.45, 7) is 5.37. The second-order valence-corrected chi connectivity index (χ2v) is 3.04. The van der Waals surface area contributed by atoms with E-state index in [1.807, 2.05) is 6.41 Å². The largest absolute Gasteiger partial charge is 0.333 e. The molecule has 3 nitrogen and oxygen atoms in total. The number of nitrogens with zero attached hydrogens (tertiary/aromatic N) is 2. The lowest BCUT2D eigenvalue weighted by Gasteiger charge is -2.18. The summed E-state index contributed by atoms with van der Waals surface area (Å²) < 4.78 is 0. The second-order valence-electron chi connectivity index (χ2n) is 3.04. The molecule has 1 atom stereocenters. The van der Waals surface area contributed by atoms with Crippen LogP contribution in [0.1, 0.15) is 13.3 Å². The van der Waals surface area contributed by atoms with E-state index in [0.717, 1.165) is 26.1 Å². The molecule has 1 aliphatic heterocycles. The Morgan fingerprint density at radius 2 is 2.45 bits per heavy atom.